The van der Waals surface area contributed by atoms with Crippen molar-refractivity contribution in [2.24, 2.45) is 0 Å². The maximum Gasteiger partial charge on any atom is 0.327 e. The Labute approximate surface area is 211 Å². The fraction of sp³-hybridized carbons (Fsp3) is 0.276. The van der Waals surface area contributed by atoms with Crippen LogP contribution in [0.4, 0.5) is 17.1 Å². The molecule has 0 aromatic heterocycles. The third-order valence-corrected chi connectivity index (χ3v) is 6.53. The molecule has 0 bridgehead atoms. The van der Waals surface area contributed by atoms with Crippen LogP contribution in [-0.4, -0.2) is 37.0 Å². The molecule has 186 valence electrons. The molecule has 4 rings (SSSR count). The smallest absolute Gasteiger partial charge is 0.327 e. The van der Waals surface area contributed by atoms with E-state index in [-0.39, 0.29) is 29.9 Å². The summed E-state index contributed by atoms with van der Waals surface area (Å²) >= 11 is 0. The van der Waals surface area contributed by atoms with E-state index >= 15 is 0 Å². The average molecular weight is 486 g/mol. The van der Waals surface area contributed by atoms with E-state index in [0.717, 1.165) is 22.6 Å². The summed E-state index contributed by atoms with van der Waals surface area (Å²) in [7, 11) is 1.35. The number of anilines is 3. The number of carbonyl (C=O) groups is 3. The highest BCUT2D eigenvalue weighted by Crippen LogP contribution is 2.42. The molecule has 7 heteroatoms. The summed E-state index contributed by atoms with van der Waals surface area (Å²) in [6, 6.07) is 23.7. The number of para-hydroxylation sites is 2. The number of esters is 1. The molecule has 0 radical (unpaired) electrons. The van der Waals surface area contributed by atoms with Crippen molar-refractivity contribution >= 4 is 34.8 Å². The molecule has 2 unspecified atom stereocenters. The van der Waals surface area contributed by atoms with Crippen LogP contribution in [-0.2, 0) is 14.3 Å². The summed E-state index contributed by atoms with van der Waals surface area (Å²) in [5.41, 5.74) is 3.83. The number of methoxy groups -OCH3 is 1. The van der Waals surface area contributed by atoms with Gasteiger partial charge in [-0.05, 0) is 68.3 Å². The minimum atomic E-state index is -0.503. The van der Waals surface area contributed by atoms with Gasteiger partial charge in [-0.3, -0.25) is 9.59 Å². The van der Waals surface area contributed by atoms with Crippen molar-refractivity contribution < 1.29 is 19.1 Å². The van der Waals surface area contributed by atoms with E-state index in [1.54, 1.807) is 38.1 Å². The normalized spacial score (nSPS) is 17.5. The van der Waals surface area contributed by atoms with Crippen LogP contribution >= 0.6 is 0 Å². The molecule has 1 aliphatic heterocycles. The Morgan fingerprint density at radius 3 is 2.25 bits per heavy atom. The number of hydrogen-bond acceptors (Lipinski definition) is 5. The predicted molar refractivity (Wildman–Crippen MR) is 141 cm³/mol. The number of nitrogens with zero attached hydrogens (tertiary/aromatic N) is 2. The van der Waals surface area contributed by atoms with Gasteiger partial charge >= 0.3 is 5.97 Å². The molecule has 0 fully saturated rings. The number of carbonyl (C=O) groups excluding carboxylic acids is 3. The van der Waals surface area contributed by atoms with E-state index in [4.69, 9.17) is 4.74 Å². The number of amides is 2. The Bertz CT molecular complexity index is 1240. The van der Waals surface area contributed by atoms with Gasteiger partial charge in [0.05, 0.1) is 13.2 Å². The van der Waals surface area contributed by atoms with E-state index in [9.17, 15) is 14.4 Å². The van der Waals surface area contributed by atoms with Gasteiger partial charge in [-0.2, -0.15) is 0 Å². The third-order valence-electron chi connectivity index (χ3n) is 6.53. The van der Waals surface area contributed by atoms with Crippen LogP contribution in [0.25, 0.3) is 0 Å². The van der Waals surface area contributed by atoms with Crippen molar-refractivity contribution in [3.8, 4) is 0 Å². The van der Waals surface area contributed by atoms with Gasteiger partial charge < -0.3 is 19.9 Å². The van der Waals surface area contributed by atoms with Crippen LogP contribution in [0.5, 0.6) is 0 Å². The van der Waals surface area contributed by atoms with Gasteiger partial charge in [-0.25, -0.2) is 4.79 Å². The van der Waals surface area contributed by atoms with E-state index in [2.05, 4.69) is 5.32 Å². The largest absolute Gasteiger partial charge is 0.467 e. The second kappa shape index (κ2) is 10.6. The average Bonchev–Trinajstić information content (AvgIpc) is 2.89. The first-order valence-corrected chi connectivity index (χ1v) is 12.0. The van der Waals surface area contributed by atoms with Crippen molar-refractivity contribution in [1.82, 2.24) is 0 Å². The Balaban J connectivity index is 1.64. The second-order valence-electron chi connectivity index (χ2n) is 9.03. The molecule has 0 aliphatic carbocycles. The minimum Gasteiger partial charge on any atom is -0.467 e. The highest BCUT2D eigenvalue weighted by atomic mass is 16.5. The number of hydrogen-bond donors (Lipinski definition) is 1. The Morgan fingerprint density at radius 2 is 1.61 bits per heavy atom. The molecule has 36 heavy (non-hydrogen) atoms. The fourth-order valence-electron chi connectivity index (χ4n) is 4.84. The lowest BCUT2D eigenvalue weighted by Crippen LogP contribution is -2.47. The predicted octanol–water partition coefficient (Wildman–Crippen LogP) is 5.19. The monoisotopic (exact) mass is 485 g/mol. The van der Waals surface area contributed by atoms with Crippen LogP contribution in [0, 0.1) is 0 Å². The number of fused-ring (bicyclic) bond motifs is 1. The van der Waals surface area contributed by atoms with Crippen molar-refractivity contribution in [3.05, 3.63) is 90.0 Å². The van der Waals surface area contributed by atoms with Crippen LogP contribution < -0.4 is 15.1 Å². The topological polar surface area (TPSA) is 79.0 Å². The molecule has 1 heterocycles. The van der Waals surface area contributed by atoms with Gasteiger partial charge in [0.1, 0.15) is 6.04 Å². The van der Waals surface area contributed by atoms with Crippen molar-refractivity contribution in [3.63, 3.8) is 0 Å². The molecule has 0 saturated heterocycles. The SMILES string of the molecule is COC(=O)[C@@H](C)Nc1ccc(C(=O)N2c3ccccc3C(N(C(C)=O)c3ccccc3)CC2C)cc1. The lowest BCUT2D eigenvalue weighted by Gasteiger charge is -2.43. The van der Waals surface area contributed by atoms with Crippen LogP contribution in [0.15, 0.2) is 78.9 Å². The van der Waals surface area contributed by atoms with Gasteiger partial charge in [0, 0.05) is 35.6 Å². The molecule has 1 aliphatic rings. The zero-order valence-corrected chi connectivity index (χ0v) is 21.0. The Kier molecular flexibility index (Phi) is 7.38. The van der Waals surface area contributed by atoms with Crippen LogP contribution in [0.3, 0.4) is 0 Å². The highest BCUT2D eigenvalue weighted by Gasteiger charge is 2.38. The summed E-state index contributed by atoms with van der Waals surface area (Å²) in [5.74, 6) is -0.522. The number of ether oxygens (including phenoxy) is 1. The number of rotatable bonds is 6. The Morgan fingerprint density at radius 1 is 0.972 bits per heavy atom. The first-order valence-electron chi connectivity index (χ1n) is 12.0. The molecular weight excluding hydrogens is 454 g/mol. The summed E-state index contributed by atoms with van der Waals surface area (Å²) in [6.07, 6.45) is 0.605. The maximum absolute atomic E-state index is 13.7. The first-order chi connectivity index (χ1) is 17.3. The van der Waals surface area contributed by atoms with Gasteiger partial charge in [0.25, 0.3) is 5.91 Å². The van der Waals surface area contributed by atoms with Gasteiger partial charge in [0.15, 0.2) is 0 Å². The van der Waals surface area contributed by atoms with Crippen molar-refractivity contribution in [2.45, 2.75) is 45.3 Å². The fourth-order valence-corrected chi connectivity index (χ4v) is 4.84. The highest BCUT2D eigenvalue weighted by molar-refractivity contribution is 6.07. The summed E-state index contributed by atoms with van der Waals surface area (Å²) < 4.78 is 4.75. The molecule has 7 nitrogen and oxygen atoms in total. The molecule has 2 amide bonds. The van der Waals surface area contributed by atoms with E-state index in [1.807, 2.05) is 71.3 Å². The van der Waals surface area contributed by atoms with E-state index in [1.165, 1.54) is 7.11 Å². The van der Waals surface area contributed by atoms with Gasteiger partial charge in [0.2, 0.25) is 5.91 Å². The van der Waals surface area contributed by atoms with Crippen molar-refractivity contribution in [1.29, 1.82) is 0 Å². The minimum absolute atomic E-state index is 0.0442. The van der Waals surface area contributed by atoms with Crippen LogP contribution in [0.2, 0.25) is 0 Å². The number of nitrogens with one attached hydrogen (secondary N) is 1. The Hall–Kier alpha value is -4.13. The second-order valence-corrected chi connectivity index (χ2v) is 9.03. The lowest BCUT2D eigenvalue weighted by atomic mass is 9.89. The standard InChI is InChI=1S/C29H31N3O4/c1-19-18-27(32(21(3)33)24-10-6-5-7-11-24)25-12-8-9-13-26(25)31(19)28(34)22-14-16-23(17-15-22)30-20(2)29(35)36-4/h5-17,19-20,27,30H,18H2,1-4H3/t19?,20-,27?/m1/s1. The summed E-state index contributed by atoms with van der Waals surface area (Å²) in [5, 5.41) is 3.07. The molecule has 3 aromatic rings. The summed E-state index contributed by atoms with van der Waals surface area (Å²) in [6.45, 7) is 5.31. The van der Waals surface area contributed by atoms with Crippen LogP contribution in [0.1, 0.15) is 49.2 Å². The quantitative estimate of drug-likeness (QED) is 0.486. The zero-order valence-electron chi connectivity index (χ0n) is 21.0. The summed E-state index contributed by atoms with van der Waals surface area (Å²) in [4.78, 5) is 41.8. The van der Waals surface area contributed by atoms with E-state index < -0.39 is 6.04 Å². The molecule has 0 spiro atoms. The maximum atomic E-state index is 13.7. The molecule has 0 saturated carbocycles. The third kappa shape index (κ3) is 4.96. The zero-order chi connectivity index (χ0) is 25.8. The molecule has 3 aromatic carbocycles. The number of benzene rings is 3. The molecule has 3 atom stereocenters. The molecular formula is C29H31N3O4. The van der Waals surface area contributed by atoms with Crippen molar-refractivity contribution in [2.75, 3.05) is 22.2 Å². The lowest BCUT2D eigenvalue weighted by molar-refractivity contribution is -0.141. The van der Waals surface area contributed by atoms with Gasteiger partial charge in [-0.1, -0.05) is 36.4 Å². The first kappa shape index (κ1) is 25.0. The van der Waals surface area contributed by atoms with E-state index in [0.29, 0.717) is 12.0 Å². The van der Waals surface area contributed by atoms with Gasteiger partial charge in [-0.15, -0.1) is 0 Å². The molecule has 1 N–H and O–H groups in total.